The van der Waals surface area contributed by atoms with Gasteiger partial charge in [0.25, 0.3) is 5.91 Å². The Hall–Kier alpha value is -1.73. The number of aromatic nitrogens is 1. The van der Waals surface area contributed by atoms with Gasteiger partial charge in [0, 0.05) is 42.0 Å². The lowest BCUT2D eigenvalue weighted by Gasteiger charge is -2.38. The van der Waals surface area contributed by atoms with Gasteiger partial charge in [0.1, 0.15) is 11.0 Å². The fraction of sp³-hybridized carbons (Fsp3) is 0.368. The summed E-state index contributed by atoms with van der Waals surface area (Å²) in [6, 6.07) is 7.25. The number of pyridine rings is 1. The van der Waals surface area contributed by atoms with Gasteiger partial charge in [-0.2, -0.15) is 0 Å². The number of rotatable bonds is 5. The lowest BCUT2D eigenvalue weighted by molar-refractivity contribution is -0.0346. The molecule has 1 aliphatic rings. The molecule has 1 aliphatic heterocycles. The van der Waals surface area contributed by atoms with Crippen LogP contribution in [0.4, 0.5) is 4.39 Å². The first kappa shape index (κ1) is 20.0. The fourth-order valence-corrected chi connectivity index (χ4v) is 3.67. The van der Waals surface area contributed by atoms with Crippen molar-refractivity contribution in [1.29, 1.82) is 0 Å². The van der Waals surface area contributed by atoms with E-state index in [9.17, 15) is 9.18 Å². The molecule has 2 atom stereocenters. The summed E-state index contributed by atoms with van der Waals surface area (Å²) in [6.07, 6.45) is 1.48. The highest BCUT2D eigenvalue weighted by Gasteiger charge is 2.29. The van der Waals surface area contributed by atoms with E-state index in [2.05, 4.69) is 15.2 Å². The van der Waals surface area contributed by atoms with Gasteiger partial charge in [-0.05, 0) is 31.2 Å². The van der Waals surface area contributed by atoms with Gasteiger partial charge in [0.15, 0.2) is 0 Å². The van der Waals surface area contributed by atoms with Crippen LogP contribution in [-0.4, -0.2) is 48.1 Å². The van der Waals surface area contributed by atoms with E-state index < -0.39 is 11.9 Å². The highest BCUT2D eigenvalue weighted by Crippen LogP contribution is 2.31. The molecule has 2 unspecified atom stereocenters. The number of nitrogens with one attached hydrogen (secondary N) is 1. The average Bonchev–Trinajstić information content (AvgIpc) is 2.64. The van der Waals surface area contributed by atoms with Crippen LogP contribution in [0, 0.1) is 5.82 Å². The number of hydrogen-bond acceptors (Lipinski definition) is 4. The van der Waals surface area contributed by atoms with Crippen molar-refractivity contribution < 1.29 is 13.9 Å². The molecule has 1 fully saturated rings. The summed E-state index contributed by atoms with van der Waals surface area (Å²) in [5.74, 6) is -0.703. The number of carbonyl (C=O) groups excluding carboxylic acids is 1. The molecule has 3 rings (SSSR count). The summed E-state index contributed by atoms with van der Waals surface area (Å²) in [7, 11) is 0. The third-order valence-corrected chi connectivity index (χ3v) is 5.03. The molecular weight excluding hydrogens is 392 g/mol. The van der Waals surface area contributed by atoms with Gasteiger partial charge in [0.05, 0.1) is 18.8 Å². The zero-order valence-electron chi connectivity index (χ0n) is 14.8. The van der Waals surface area contributed by atoms with E-state index in [4.69, 9.17) is 27.9 Å². The Balaban J connectivity index is 1.83. The molecule has 1 saturated heterocycles. The van der Waals surface area contributed by atoms with Crippen LogP contribution in [0.25, 0.3) is 0 Å². The van der Waals surface area contributed by atoms with E-state index in [-0.39, 0.29) is 23.7 Å². The average molecular weight is 412 g/mol. The maximum absolute atomic E-state index is 14.6. The summed E-state index contributed by atoms with van der Waals surface area (Å²) < 4.78 is 20.2. The zero-order chi connectivity index (χ0) is 19.4. The molecule has 0 radical (unpaired) electrons. The minimum absolute atomic E-state index is 0.0153. The van der Waals surface area contributed by atoms with Crippen molar-refractivity contribution in [3.63, 3.8) is 0 Å². The van der Waals surface area contributed by atoms with Crippen LogP contribution in [0.1, 0.15) is 28.9 Å². The minimum atomic E-state index is -0.411. The molecule has 0 bridgehead atoms. The minimum Gasteiger partial charge on any atom is -0.376 e. The summed E-state index contributed by atoms with van der Waals surface area (Å²) in [5.41, 5.74) is 0.769. The molecule has 2 heterocycles. The molecule has 2 aromatic rings. The molecular formula is C19H20Cl2FN3O2. The molecule has 1 aromatic heterocycles. The predicted molar refractivity (Wildman–Crippen MR) is 103 cm³/mol. The van der Waals surface area contributed by atoms with E-state index in [0.717, 1.165) is 0 Å². The first-order valence-corrected chi connectivity index (χ1v) is 9.40. The van der Waals surface area contributed by atoms with E-state index in [0.29, 0.717) is 35.8 Å². The van der Waals surface area contributed by atoms with Crippen molar-refractivity contribution in [2.24, 2.45) is 0 Å². The van der Waals surface area contributed by atoms with Gasteiger partial charge in [-0.3, -0.25) is 9.69 Å². The zero-order valence-corrected chi connectivity index (χ0v) is 16.3. The van der Waals surface area contributed by atoms with Crippen LogP contribution in [0.15, 0.2) is 36.5 Å². The van der Waals surface area contributed by atoms with Crippen molar-refractivity contribution in [3.8, 4) is 0 Å². The number of amides is 1. The van der Waals surface area contributed by atoms with Crippen LogP contribution in [0.3, 0.4) is 0 Å². The third kappa shape index (κ3) is 4.96. The van der Waals surface area contributed by atoms with Gasteiger partial charge >= 0.3 is 0 Å². The number of ether oxygens (including phenoxy) is 1. The van der Waals surface area contributed by atoms with Crippen LogP contribution < -0.4 is 5.32 Å². The highest BCUT2D eigenvalue weighted by atomic mass is 35.5. The van der Waals surface area contributed by atoms with Gasteiger partial charge in [-0.15, -0.1) is 0 Å². The number of carbonyl (C=O) groups is 1. The number of nitrogens with zero attached hydrogens (tertiary/aromatic N) is 2. The van der Waals surface area contributed by atoms with Crippen molar-refractivity contribution in [1.82, 2.24) is 15.2 Å². The second kappa shape index (κ2) is 8.97. The number of hydrogen-bond donors (Lipinski definition) is 1. The summed E-state index contributed by atoms with van der Waals surface area (Å²) in [6.45, 7) is 3.94. The molecule has 144 valence electrons. The Labute approximate surface area is 167 Å². The molecule has 5 nitrogen and oxygen atoms in total. The number of benzene rings is 1. The Morgan fingerprint density at radius 3 is 2.96 bits per heavy atom. The number of halogens is 3. The van der Waals surface area contributed by atoms with Gasteiger partial charge < -0.3 is 10.1 Å². The smallest absolute Gasteiger partial charge is 0.251 e. The SMILES string of the molecule is CC1CN(C(CNC(=O)c2ccnc(Cl)c2)c2c(F)cccc2Cl)CCO1. The first-order chi connectivity index (χ1) is 13.0. The largest absolute Gasteiger partial charge is 0.376 e. The maximum Gasteiger partial charge on any atom is 0.251 e. The van der Waals surface area contributed by atoms with Crippen LogP contribution in [-0.2, 0) is 4.74 Å². The van der Waals surface area contributed by atoms with Crippen molar-refractivity contribution in [2.45, 2.75) is 19.1 Å². The number of morpholine rings is 1. The van der Waals surface area contributed by atoms with E-state index in [1.165, 1.54) is 18.3 Å². The first-order valence-electron chi connectivity index (χ1n) is 8.65. The summed E-state index contributed by atoms with van der Waals surface area (Å²) in [4.78, 5) is 18.4. The predicted octanol–water partition coefficient (Wildman–Crippen LogP) is 3.72. The van der Waals surface area contributed by atoms with E-state index in [1.807, 2.05) is 6.92 Å². The standard InChI is InChI=1S/C19H20Cl2FN3O2/c1-12-11-25(7-8-27-12)16(18-14(20)3-2-4-15(18)22)10-24-19(26)13-5-6-23-17(21)9-13/h2-6,9,12,16H,7-8,10-11H2,1H3,(H,24,26). The van der Waals surface area contributed by atoms with Crippen molar-refractivity contribution in [3.05, 3.63) is 63.6 Å². The molecule has 1 aromatic carbocycles. The van der Waals surface area contributed by atoms with Crippen LogP contribution >= 0.6 is 23.2 Å². The Morgan fingerprint density at radius 2 is 2.26 bits per heavy atom. The Bertz CT molecular complexity index is 801. The third-order valence-electron chi connectivity index (χ3n) is 4.49. The van der Waals surface area contributed by atoms with Gasteiger partial charge in [-0.25, -0.2) is 9.37 Å². The summed E-state index contributed by atoms with van der Waals surface area (Å²) >= 11 is 12.1. The van der Waals surface area contributed by atoms with Gasteiger partial charge in [-0.1, -0.05) is 29.3 Å². The second-order valence-corrected chi connectivity index (χ2v) is 7.20. The molecule has 0 aliphatic carbocycles. The molecule has 0 spiro atoms. The normalized spacial score (nSPS) is 18.9. The molecule has 0 saturated carbocycles. The second-order valence-electron chi connectivity index (χ2n) is 6.40. The Kier molecular flexibility index (Phi) is 6.65. The van der Waals surface area contributed by atoms with E-state index in [1.54, 1.807) is 18.2 Å². The lowest BCUT2D eigenvalue weighted by Crippen LogP contribution is -2.47. The van der Waals surface area contributed by atoms with Crippen molar-refractivity contribution >= 4 is 29.1 Å². The molecule has 1 N–H and O–H groups in total. The van der Waals surface area contributed by atoms with Crippen LogP contribution in [0.2, 0.25) is 10.2 Å². The topological polar surface area (TPSA) is 54.5 Å². The van der Waals surface area contributed by atoms with Crippen molar-refractivity contribution in [2.75, 3.05) is 26.2 Å². The highest BCUT2D eigenvalue weighted by molar-refractivity contribution is 6.31. The van der Waals surface area contributed by atoms with E-state index >= 15 is 0 Å². The molecule has 1 amide bonds. The monoisotopic (exact) mass is 411 g/mol. The molecule has 27 heavy (non-hydrogen) atoms. The fourth-order valence-electron chi connectivity index (χ4n) is 3.21. The lowest BCUT2D eigenvalue weighted by atomic mass is 10.0. The maximum atomic E-state index is 14.6. The quantitative estimate of drug-likeness (QED) is 0.761. The molecule has 8 heteroatoms. The van der Waals surface area contributed by atoms with Crippen LogP contribution in [0.5, 0.6) is 0 Å². The van der Waals surface area contributed by atoms with Gasteiger partial charge in [0.2, 0.25) is 0 Å². The summed E-state index contributed by atoms with van der Waals surface area (Å²) in [5, 5.41) is 3.43. The Morgan fingerprint density at radius 1 is 1.44 bits per heavy atom.